The van der Waals surface area contributed by atoms with Crippen LogP contribution in [0.4, 0.5) is 0 Å². The van der Waals surface area contributed by atoms with E-state index in [2.05, 4.69) is 51.8 Å². The predicted octanol–water partition coefficient (Wildman–Crippen LogP) is 2.85. The molecule has 5 heteroatoms. The largest absolute Gasteiger partial charge is 0.355 e. The Bertz CT molecular complexity index is 311. The SMILES string of the molecule is CN(C)C(=S)NC(=S)N(CC(C)(C)C)C(C)(C)C. The van der Waals surface area contributed by atoms with Crippen molar-refractivity contribution in [3.63, 3.8) is 0 Å². The maximum absolute atomic E-state index is 5.49. The predicted molar refractivity (Wildman–Crippen MR) is 87.9 cm³/mol. The quantitative estimate of drug-likeness (QED) is 0.746. The number of nitrogens with one attached hydrogen (secondary N) is 1. The fourth-order valence-corrected chi connectivity index (χ4v) is 1.96. The molecule has 0 aliphatic rings. The summed E-state index contributed by atoms with van der Waals surface area (Å²) in [4.78, 5) is 4.04. The number of thiocarbonyl (C=S) groups is 2. The molecule has 0 amide bonds. The molecule has 0 aliphatic heterocycles. The van der Waals surface area contributed by atoms with Gasteiger partial charge in [0.15, 0.2) is 10.2 Å². The van der Waals surface area contributed by atoms with Crippen LogP contribution in [-0.2, 0) is 0 Å². The molecule has 0 fully saturated rings. The van der Waals surface area contributed by atoms with Gasteiger partial charge in [-0.25, -0.2) is 0 Å². The minimum atomic E-state index is -0.0285. The maximum atomic E-state index is 5.49. The Labute approximate surface area is 123 Å². The van der Waals surface area contributed by atoms with Gasteiger partial charge < -0.3 is 15.1 Å². The highest BCUT2D eigenvalue weighted by Gasteiger charge is 2.28. The first-order chi connectivity index (χ1) is 7.84. The molecule has 3 nitrogen and oxygen atoms in total. The van der Waals surface area contributed by atoms with Gasteiger partial charge in [0.05, 0.1) is 0 Å². The van der Waals surface area contributed by atoms with Crippen molar-refractivity contribution in [2.75, 3.05) is 20.6 Å². The normalized spacial score (nSPS) is 12.0. The third kappa shape index (κ3) is 6.50. The van der Waals surface area contributed by atoms with E-state index >= 15 is 0 Å². The lowest BCUT2D eigenvalue weighted by molar-refractivity contribution is 0.173. The molecule has 1 N–H and O–H groups in total. The molecule has 18 heavy (non-hydrogen) atoms. The van der Waals surface area contributed by atoms with Crippen molar-refractivity contribution in [1.29, 1.82) is 0 Å². The van der Waals surface area contributed by atoms with Crippen LogP contribution in [0.25, 0.3) is 0 Å². The van der Waals surface area contributed by atoms with E-state index in [-0.39, 0.29) is 11.0 Å². The Morgan fingerprint density at radius 3 is 1.67 bits per heavy atom. The van der Waals surface area contributed by atoms with Gasteiger partial charge in [0, 0.05) is 26.2 Å². The molecule has 0 rings (SSSR count). The van der Waals surface area contributed by atoms with E-state index < -0.39 is 0 Å². The highest BCUT2D eigenvalue weighted by atomic mass is 32.1. The zero-order valence-electron chi connectivity index (χ0n) is 12.9. The Hall–Kier alpha value is -0.420. The van der Waals surface area contributed by atoms with Crippen molar-refractivity contribution in [3.05, 3.63) is 0 Å². The molecule has 0 bridgehead atoms. The van der Waals surface area contributed by atoms with E-state index in [0.717, 1.165) is 6.54 Å². The summed E-state index contributed by atoms with van der Waals surface area (Å²) in [6.45, 7) is 14.0. The minimum Gasteiger partial charge on any atom is -0.355 e. The molecule has 106 valence electrons. The lowest BCUT2D eigenvalue weighted by Gasteiger charge is -2.42. The second-order valence-electron chi connectivity index (χ2n) is 6.95. The van der Waals surface area contributed by atoms with Crippen LogP contribution in [0, 0.1) is 5.41 Å². The summed E-state index contributed by atoms with van der Waals surface area (Å²) in [5.41, 5.74) is 0.151. The van der Waals surface area contributed by atoms with Crippen molar-refractivity contribution < 1.29 is 0 Å². The minimum absolute atomic E-state index is 0.0285. The number of nitrogens with zero attached hydrogens (tertiary/aromatic N) is 2. The smallest absolute Gasteiger partial charge is 0.175 e. The van der Waals surface area contributed by atoms with Gasteiger partial charge in [0.2, 0.25) is 0 Å². The van der Waals surface area contributed by atoms with E-state index in [1.54, 1.807) is 0 Å². The molecular weight excluding hydrogens is 262 g/mol. The van der Waals surface area contributed by atoms with Crippen LogP contribution in [0.1, 0.15) is 41.5 Å². The average molecular weight is 290 g/mol. The molecule has 0 aromatic heterocycles. The average Bonchev–Trinajstić information content (AvgIpc) is 2.10. The van der Waals surface area contributed by atoms with Crippen molar-refractivity contribution >= 4 is 34.7 Å². The number of rotatable bonds is 1. The standard InChI is InChI=1S/C13H27N3S2/c1-12(2,3)9-16(13(4,5)6)11(18)14-10(17)15(7)8/h9H2,1-8H3,(H,14,17,18). The molecule has 0 unspecified atom stereocenters. The Morgan fingerprint density at radius 2 is 1.39 bits per heavy atom. The first-order valence-electron chi connectivity index (χ1n) is 6.14. The fourth-order valence-electron chi connectivity index (χ4n) is 1.36. The molecule has 0 spiro atoms. The van der Waals surface area contributed by atoms with Crippen molar-refractivity contribution in [2.24, 2.45) is 5.41 Å². The first kappa shape index (κ1) is 17.6. The van der Waals surface area contributed by atoms with Gasteiger partial charge in [0.25, 0.3) is 0 Å². The van der Waals surface area contributed by atoms with Crippen LogP contribution in [0.2, 0.25) is 0 Å². The topological polar surface area (TPSA) is 18.5 Å². The van der Waals surface area contributed by atoms with Crippen molar-refractivity contribution in [1.82, 2.24) is 15.1 Å². The van der Waals surface area contributed by atoms with Crippen molar-refractivity contribution in [2.45, 2.75) is 47.1 Å². The lowest BCUT2D eigenvalue weighted by atomic mass is 9.93. The fraction of sp³-hybridized carbons (Fsp3) is 0.846. The maximum Gasteiger partial charge on any atom is 0.175 e. The molecule has 0 aliphatic carbocycles. The van der Waals surface area contributed by atoms with Crippen LogP contribution in [0.3, 0.4) is 0 Å². The second kappa shape index (κ2) is 6.15. The van der Waals surface area contributed by atoms with Gasteiger partial charge in [-0.2, -0.15) is 0 Å². The first-order valence-corrected chi connectivity index (χ1v) is 6.96. The van der Waals surface area contributed by atoms with Crippen LogP contribution in [0.5, 0.6) is 0 Å². The molecule has 0 aromatic carbocycles. The van der Waals surface area contributed by atoms with Gasteiger partial charge >= 0.3 is 0 Å². The van der Waals surface area contributed by atoms with E-state index in [1.807, 2.05) is 19.0 Å². The van der Waals surface area contributed by atoms with Gasteiger partial charge in [-0.05, 0) is 50.6 Å². The van der Waals surface area contributed by atoms with Gasteiger partial charge in [0.1, 0.15) is 0 Å². The zero-order chi connectivity index (χ0) is 14.7. The molecule has 0 aromatic rings. The number of hydrogen-bond donors (Lipinski definition) is 1. The molecular formula is C13H27N3S2. The monoisotopic (exact) mass is 289 g/mol. The van der Waals surface area contributed by atoms with E-state index in [4.69, 9.17) is 24.4 Å². The number of hydrogen-bond acceptors (Lipinski definition) is 2. The van der Waals surface area contributed by atoms with E-state index in [0.29, 0.717) is 10.2 Å². The molecule has 0 atom stereocenters. The Kier molecular flexibility index (Phi) is 6.01. The van der Waals surface area contributed by atoms with E-state index in [1.165, 1.54) is 0 Å². The summed E-state index contributed by atoms with van der Waals surface area (Å²) in [5, 5.41) is 4.46. The highest BCUT2D eigenvalue weighted by Crippen LogP contribution is 2.22. The van der Waals surface area contributed by atoms with E-state index in [9.17, 15) is 0 Å². The summed E-state index contributed by atoms with van der Waals surface area (Å²) in [7, 11) is 3.81. The van der Waals surface area contributed by atoms with Crippen LogP contribution >= 0.6 is 24.4 Å². The summed E-state index contributed by atoms with van der Waals surface area (Å²) in [5.74, 6) is 0. The van der Waals surface area contributed by atoms with Crippen molar-refractivity contribution in [3.8, 4) is 0 Å². The summed E-state index contributed by atoms with van der Waals surface area (Å²) in [6.07, 6.45) is 0. The van der Waals surface area contributed by atoms with Gasteiger partial charge in [-0.3, -0.25) is 0 Å². The molecule has 0 heterocycles. The van der Waals surface area contributed by atoms with Crippen LogP contribution < -0.4 is 5.32 Å². The van der Waals surface area contributed by atoms with Gasteiger partial charge in [-0.15, -0.1) is 0 Å². The molecule has 0 saturated heterocycles. The third-order valence-corrected chi connectivity index (χ3v) is 3.10. The third-order valence-electron chi connectivity index (χ3n) is 2.31. The molecule has 0 radical (unpaired) electrons. The van der Waals surface area contributed by atoms with Crippen LogP contribution in [0.15, 0.2) is 0 Å². The lowest BCUT2D eigenvalue weighted by Crippen LogP contribution is -2.55. The van der Waals surface area contributed by atoms with Crippen LogP contribution in [-0.4, -0.2) is 46.2 Å². The zero-order valence-corrected chi connectivity index (χ0v) is 14.6. The summed E-state index contributed by atoms with van der Waals surface area (Å²) in [6, 6.07) is 0. The second-order valence-corrected chi connectivity index (χ2v) is 7.72. The highest BCUT2D eigenvalue weighted by molar-refractivity contribution is 7.81. The van der Waals surface area contributed by atoms with Gasteiger partial charge in [-0.1, -0.05) is 20.8 Å². The Balaban J connectivity index is 4.89. The summed E-state index contributed by atoms with van der Waals surface area (Å²) >= 11 is 10.7. The summed E-state index contributed by atoms with van der Waals surface area (Å²) < 4.78 is 0. The Morgan fingerprint density at radius 1 is 0.944 bits per heavy atom. The molecule has 0 saturated carbocycles.